The molecule has 0 aliphatic heterocycles. The van der Waals surface area contributed by atoms with Gasteiger partial charge in [-0.15, -0.1) is 0 Å². The summed E-state index contributed by atoms with van der Waals surface area (Å²) in [5.41, 5.74) is 5.57. The van der Waals surface area contributed by atoms with Gasteiger partial charge in [0.2, 0.25) is 0 Å². The molecule has 0 atom stereocenters. The van der Waals surface area contributed by atoms with E-state index in [0.29, 0.717) is 0 Å². The molecule has 1 heteroatoms. The van der Waals surface area contributed by atoms with Crippen molar-refractivity contribution in [3.8, 4) is 0 Å². The maximum Gasteiger partial charge on any atom is -0.00746 e. The summed E-state index contributed by atoms with van der Waals surface area (Å²) in [5, 5.41) is 0. The molecule has 1 nitrogen and oxygen atoms in total. The largest absolute Gasteiger partial charge is 0.330 e. The summed E-state index contributed by atoms with van der Waals surface area (Å²) < 4.78 is 0. The van der Waals surface area contributed by atoms with E-state index in [1.165, 1.54) is 44.9 Å². The Morgan fingerprint density at radius 1 is 0.917 bits per heavy atom. The Hall–Kier alpha value is -0.0400. The average molecular weight is 171 g/mol. The van der Waals surface area contributed by atoms with E-state index in [4.69, 9.17) is 5.73 Å². The third-order valence-electron chi connectivity index (χ3n) is 2.51. The van der Waals surface area contributed by atoms with Crippen LogP contribution in [0.3, 0.4) is 0 Å². The Bertz CT molecular complexity index is 73.1. The summed E-state index contributed by atoms with van der Waals surface area (Å²) in [7, 11) is 0. The van der Waals surface area contributed by atoms with Crippen molar-refractivity contribution in [3.63, 3.8) is 0 Å². The van der Waals surface area contributed by atoms with Crippen molar-refractivity contribution in [3.05, 3.63) is 0 Å². The van der Waals surface area contributed by atoms with Crippen LogP contribution in [0.15, 0.2) is 0 Å². The Balaban J connectivity index is 3.40. The molecule has 0 saturated heterocycles. The van der Waals surface area contributed by atoms with E-state index in [0.717, 1.165) is 12.5 Å². The maximum absolute atomic E-state index is 5.57. The zero-order valence-corrected chi connectivity index (χ0v) is 8.81. The van der Waals surface area contributed by atoms with Crippen LogP contribution in [0.5, 0.6) is 0 Å². The monoisotopic (exact) mass is 171 g/mol. The van der Waals surface area contributed by atoms with Crippen LogP contribution < -0.4 is 5.73 Å². The highest BCUT2D eigenvalue weighted by Gasteiger charge is 2.05. The smallest absolute Gasteiger partial charge is 0.00746 e. The quantitative estimate of drug-likeness (QED) is 0.595. The molecule has 0 bridgehead atoms. The van der Waals surface area contributed by atoms with Crippen LogP contribution in [0.25, 0.3) is 0 Å². The third-order valence-corrected chi connectivity index (χ3v) is 2.51. The summed E-state index contributed by atoms with van der Waals surface area (Å²) in [4.78, 5) is 0. The van der Waals surface area contributed by atoms with Gasteiger partial charge in [0.25, 0.3) is 0 Å². The molecule has 0 heterocycles. The molecule has 0 fully saturated rings. The topological polar surface area (TPSA) is 26.0 Å². The molecule has 0 unspecified atom stereocenters. The molecule has 0 aliphatic carbocycles. The second-order valence-corrected chi connectivity index (χ2v) is 3.73. The highest BCUT2D eigenvalue weighted by molar-refractivity contribution is 4.59. The summed E-state index contributed by atoms with van der Waals surface area (Å²) in [6, 6.07) is 0. The highest BCUT2D eigenvalue weighted by atomic mass is 14.5. The maximum atomic E-state index is 5.57. The Labute approximate surface area is 77.7 Å². The first kappa shape index (κ1) is 12.0. The minimum absolute atomic E-state index is 0.873. The van der Waals surface area contributed by atoms with Gasteiger partial charge in [-0.05, 0) is 18.9 Å². The van der Waals surface area contributed by atoms with E-state index in [1.54, 1.807) is 0 Å². The van der Waals surface area contributed by atoms with Gasteiger partial charge in [-0.2, -0.15) is 0 Å². The van der Waals surface area contributed by atoms with Crippen LogP contribution >= 0.6 is 0 Å². The fourth-order valence-electron chi connectivity index (χ4n) is 1.65. The number of hydrogen-bond donors (Lipinski definition) is 1. The van der Waals surface area contributed by atoms with Gasteiger partial charge in [-0.3, -0.25) is 0 Å². The lowest BCUT2D eigenvalue weighted by Crippen LogP contribution is -2.08. The summed E-state index contributed by atoms with van der Waals surface area (Å²) in [6.07, 6.45) is 9.45. The molecular weight excluding hydrogens is 146 g/mol. The van der Waals surface area contributed by atoms with E-state index in [9.17, 15) is 0 Å². The second-order valence-electron chi connectivity index (χ2n) is 3.73. The first-order valence-electron chi connectivity index (χ1n) is 5.55. The van der Waals surface area contributed by atoms with Crippen molar-refractivity contribution in [1.82, 2.24) is 0 Å². The van der Waals surface area contributed by atoms with Crippen LogP contribution in [0.4, 0.5) is 0 Å². The van der Waals surface area contributed by atoms with Crippen molar-refractivity contribution >= 4 is 0 Å². The lowest BCUT2D eigenvalue weighted by atomic mass is 9.93. The number of nitrogens with two attached hydrogens (primary N) is 1. The third kappa shape index (κ3) is 6.66. The SMILES string of the molecule is CCCCC(CCN)CCCC. The van der Waals surface area contributed by atoms with Gasteiger partial charge >= 0.3 is 0 Å². The van der Waals surface area contributed by atoms with Crippen LogP contribution in [-0.4, -0.2) is 6.54 Å². The van der Waals surface area contributed by atoms with Crippen molar-refractivity contribution in [2.24, 2.45) is 11.7 Å². The molecular formula is C11H25N. The summed E-state index contributed by atoms with van der Waals surface area (Å²) >= 11 is 0. The molecule has 0 spiro atoms. The van der Waals surface area contributed by atoms with E-state index in [1.807, 2.05) is 0 Å². The van der Waals surface area contributed by atoms with Gasteiger partial charge in [0, 0.05) is 0 Å². The molecule has 0 radical (unpaired) electrons. The lowest BCUT2D eigenvalue weighted by Gasteiger charge is -2.14. The van der Waals surface area contributed by atoms with E-state index < -0.39 is 0 Å². The number of rotatable bonds is 8. The molecule has 0 aromatic rings. The lowest BCUT2D eigenvalue weighted by molar-refractivity contribution is 0.398. The first-order chi connectivity index (χ1) is 5.85. The Morgan fingerprint density at radius 3 is 1.75 bits per heavy atom. The van der Waals surface area contributed by atoms with Gasteiger partial charge in [-0.25, -0.2) is 0 Å². The minimum Gasteiger partial charge on any atom is -0.330 e. The molecule has 0 saturated carbocycles. The molecule has 0 aliphatic rings. The Kier molecular flexibility index (Phi) is 9.02. The van der Waals surface area contributed by atoms with Crippen molar-refractivity contribution in [2.45, 2.75) is 58.8 Å². The number of unbranched alkanes of at least 4 members (excludes halogenated alkanes) is 2. The predicted octanol–water partition coefficient (Wildman–Crippen LogP) is 3.33. The van der Waals surface area contributed by atoms with E-state index in [2.05, 4.69) is 13.8 Å². The number of hydrogen-bond acceptors (Lipinski definition) is 1. The molecule has 0 aromatic heterocycles. The summed E-state index contributed by atoms with van der Waals surface area (Å²) in [6.45, 7) is 5.40. The van der Waals surface area contributed by atoms with E-state index >= 15 is 0 Å². The van der Waals surface area contributed by atoms with Crippen LogP contribution in [0.1, 0.15) is 58.8 Å². The van der Waals surface area contributed by atoms with Gasteiger partial charge in [0.15, 0.2) is 0 Å². The van der Waals surface area contributed by atoms with Crippen LogP contribution in [0, 0.1) is 5.92 Å². The van der Waals surface area contributed by atoms with Crippen molar-refractivity contribution in [2.75, 3.05) is 6.54 Å². The standard InChI is InChI=1S/C11H25N/c1-3-5-7-11(9-10-12)8-6-4-2/h11H,3-10,12H2,1-2H3. The first-order valence-corrected chi connectivity index (χ1v) is 5.55. The van der Waals surface area contributed by atoms with Crippen LogP contribution in [0.2, 0.25) is 0 Å². The Morgan fingerprint density at radius 2 is 1.42 bits per heavy atom. The second kappa shape index (κ2) is 9.05. The molecule has 0 amide bonds. The van der Waals surface area contributed by atoms with Crippen molar-refractivity contribution in [1.29, 1.82) is 0 Å². The van der Waals surface area contributed by atoms with Gasteiger partial charge in [0.1, 0.15) is 0 Å². The normalized spacial score (nSPS) is 11.0. The van der Waals surface area contributed by atoms with Crippen molar-refractivity contribution < 1.29 is 0 Å². The minimum atomic E-state index is 0.873. The van der Waals surface area contributed by atoms with E-state index in [-0.39, 0.29) is 0 Å². The zero-order valence-electron chi connectivity index (χ0n) is 8.81. The molecule has 0 rings (SSSR count). The van der Waals surface area contributed by atoms with Gasteiger partial charge < -0.3 is 5.73 Å². The molecule has 12 heavy (non-hydrogen) atoms. The van der Waals surface area contributed by atoms with Crippen LogP contribution in [-0.2, 0) is 0 Å². The van der Waals surface area contributed by atoms with Gasteiger partial charge in [0.05, 0.1) is 0 Å². The average Bonchev–Trinajstić information content (AvgIpc) is 2.10. The summed E-state index contributed by atoms with van der Waals surface area (Å²) in [5.74, 6) is 0.912. The molecule has 2 N–H and O–H groups in total. The molecule has 74 valence electrons. The highest BCUT2D eigenvalue weighted by Crippen LogP contribution is 2.18. The molecule has 0 aromatic carbocycles. The fraction of sp³-hybridized carbons (Fsp3) is 1.00. The fourth-order valence-corrected chi connectivity index (χ4v) is 1.65. The van der Waals surface area contributed by atoms with Gasteiger partial charge in [-0.1, -0.05) is 52.4 Å². The zero-order chi connectivity index (χ0) is 9.23. The predicted molar refractivity (Wildman–Crippen MR) is 56.2 cm³/mol.